The second-order valence-electron chi connectivity index (χ2n) is 15.7. The minimum Gasteiger partial charge on any atom is -0.506 e. The van der Waals surface area contributed by atoms with Crippen molar-refractivity contribution < 1.29 is 34.1 Å². The molecule has 6 aromatic carbocycles. The number of carbonyl (C=O) groups excluding carboxylic acids is 3. The highest BCUT2D eigenvalue weighted by molar-refractivity contribution is 7.99. The van der Waals surface area contributed by atoms with E-state index in [0.29, 0.717) is 47.1 Å². The van der Waals surface area contributed by atoms with E-state index in [1.54, 1.807) is 19.2 Å². The lowest BCUT2D eigenvalue weighted by molar-refractivity contribution is -0.118. The van der Waals surface area contributed by atoms with Crippen molar-refractivity contribution in [1.29, 1.82) is 0 Å². The van der Waals surface area contributed by atoms with E-state index in [-0.39, 0.29) is 35.4 Å². The number of aliphatic hydroxyl groups is 1. The Kier molecular flexibility index (Phi) is 13.6. The average molecular weight is 889 g/mol. The molecule has 330 valence electrons. The molecule has 1 aliphatic rings. The molecule has 65 heavy (non-hydrogen) atoms. The molecule has 0 fully saturated rings. The van der Waals surface area contributed by atoms with Gasteiger partial charge in [-0.1, -0.05) is 60.3 Å². The van der Waals surface area contributed by atoms with Crippen LogP contribution in [0.4, 0.5) is 22.7 Å². The van der Waals surface area contributed by atoms with Gasteiger partial charge in [0, 0.05) is 56.5 Å². The maximum absolute atomic E-state index is 13.6. The highest BCUT2D eigenvalue weighted by atomic mass is 32.2. The number of methoxy groups -OCH3 is 1. The molecular formula is C51H48N6O7S. The van der Waals surface area contributed by atoms with Crippen molar-refractivity contribution in [1.82, 2.24) is 10.3 Å². The van der Waals surface area contributed by atoms with Crippen LogP contribution in [0.25, 0.3) is 22.0 Å². The number of hydrogen-bond acceptors (Lipinski definition) is 11. The number of aromatic hydroxyl groups is 1. The van der Waals surface area contributed by atoms with E-state index in [4.69, 9.17) is 15.2 Å². The van der Waals surface area contributed by atoms with Crippen molar-refractivity contribution in [2.45, 2.75) is 42.1 Å². The fraction of sp³-hybridized carbons (Fsp3) is 0.176. The first-order valence-corrected chi connectivity index (χ1v) is 21.9. The number of nitrogens with two attached hydrogens (primary N) is 1. The Labute approximate surface area is 380 Å². The number of nitrogens with zero attached hydrogens (tertiary/aromatic N) is 1. The summed E-state index contributed by atoms with van der Waals surface area (Å²) in [5.74, 6) is -0.342. The van der Waals surface area contributed by atoms with Crippen molar-refractivity contribution in [3.8, 4) is 28.4 Å². The highest BCUT2D eigenvalue weighted by Gasteiger charge is 2.25. The van der Waals surface area contributed by atoms with Crippen LogP contribution in [0.1, 0.15) is 56.4 Å². The molecule has 3 amide bonds. The molecule has 0 saturated heterocycles. The molecule has 0 spiro atoms. The van der Waals surface area contributed by atoms with Gasteiger partial charge in [-0.05, 0) is 122 Å². The largest absolute Gasteiger partial charge is 0.506 e. The van der Waals surface area contributed by atoms with E-state index in [2.05, 4.69) is 50.5 Å². The number of carbonyl (C=O) groups is 3. The van der Waals surface area contributed by atoms with Gasteiger partial charge in [0.25, 0.3) is 17.7 Å². The number of aryl methyl sites for hydroxylation is 2. The summed E-state index contributed by atoms with van der Waals surface area (Å²) in [7, 11) is 1.60. The zero-order chi connectivity index (χ0) is 45.5. The summed E-state index contributed by atoms with van der Waals surface area (Å²) in [5.41, 5.74) is 14.1. The number of nitrogens with one attached hydrogen (secondary N) is 4. The Morgan fingerprint density at radius 3 is 2.52 bits per heavy atom. The van der Waals surface area contributed by atoms with Gasteiger partial charge in [-0.2, -0.15) is 0 Å². The predicted molar refractivity (Wildman–Crippen MR) is 255 cm³/mol. The van der Waals surface area contributed by atoms with Gasteiger partial charge in [-0.3, -0.25) is 19.4 Å². The molecule has 0 aliphatic carbocycles. The van der Waals surface area contributed by atoms with E-state index in [1.807, 2.05) is 85.8 Å². The molecule has 0 saturated carbocycles. The summed E-state index contributed by atoms with van der Waals surface area (Å²) in [5, 5.41) is 33.9. The number of anilines is 4. The van der Waals surface area contributed by atoms with Crippen LogP contribution in [0.2, 0.25) is 0 Å². The number of ether oxygens (including phenoxy) is 2. The number of hydrogen-bond donors (Lipinski definition) is 7. The molecule has 0 unspecified atom stereocenters. The number of phenols is 1. The van der Waals surface area contributed by atoms with E-state index in [1.165, 1.54) is 29.6 Å². The molecule has 0 bridgehead atoms. The number of fused-ring (bicyclic) bond motifs is 2. The number of benzene rings is 6. The Balaban J connectivity index is 0.859. The lowest BCUT2D eigenvalue weighted by Gasteiger charge is -2.23. The lowest BCUT2D eigenvalue weighted by atomic mass is 10.0. The molecule has 8 N–H and O–H groups in total. The van der Waals surface area contributed by atoms with Crippen LogP contribution in [-0.4, -0.2) is 59.7 Å². The van der Waals surface area contributed by atoms with Crippen molar-refractivity contribution in [2.24, 2.45) is 5.73 Å². The number of amides is 3. The number of rotatable bonds is 17. The van der Waals surface area contributed by atoms with Crippen LogP contribution in [0.5, 0.6) is 17.2 Å². The second kappa shape index (κ2) is 20.0. The SMILES string of the molecule is COc1cccc(Nc2c(C(N)=O)cnc3c(C)cc(Sc4cccc(C(=O)Nc5cccc(-c6ccc(CCCCNC[C@H](O)c7ccc(O)c8c7OCC(=O)N8)cc6)c5)c4)cc23)c1. The Morgan fingerprint density at radius 2 is 1.71 bits per heavy atom. The molecule has 7 aromatic rings. The molecule has 0 radical (unpaired) electrons. The quantitative estimate of drug-likeness (QED) is 0.0340. The molecule has 8 rings (SSSR count). The van der Waals surface area contributed by atoms with Crippen LogP contribution in [-0.2, 0) is 11.2 Å². The van der Waals surface area contributed by atoms with Crippen molar-refractivity contribution in [3.63, 3.8) is 0 Å². The van der Waals surface area contributed by atoms with E-state index in [0.717, 1.165) is 62.3 Å². The summed E-state index contributed by atoms with van der Waals surface area (Å²) in [6.07, 6.45) is 3.38. The number of phenolic OH excluding ortho intramolecular Hbond substituents is 1. The second-order valence-corrected chi connectivity index (χ2v) is 16.8. The minimum absolute atomic E-state index is 0.107. The van der Waals surface area contributed by atoms with Crippen molar-refractivity contribution >= 4 is 63.1 Å². The highest BCUT2D eigenvalue weighted by Crippen LogP contribution is 2.42. The van der Waals surface area contributed by atoms with Crippen LogP contribution < -0.4 is 36.5 Å². The summed E-state index contributed by atoms with van der Waals surface area (Å²) >= 11 is 1.50. The minimum atomic E-state index is -0.869. The summed E-state index contributed by atoms with van der Waals surface area (Å²) in [4.78, 5) is 44.2. The summed E-state index contributed by atoms with van der Waals surface area (Å²) in [6.45, 7) is 2.81. The third-order valence-electron chi connectivity index (χ3n) is 11.0. The predicted octanol–water partition coefficient (Wildman–Crippen LogP) is 9.15. The maximum atomic E-state index is 13.6. The monoisotopic (exact) mass is 888 g/mol. The molecular weight excluding hydrogens is 841 g/mol. The summed E-state index contributed by atoms with van der Waals surface area (Å²) in [6, 6.07) is 38.1. The van der Waals surface area contributed by atoms with Gasteiger partial charge in [0.15, 0.2) is 12.4 Å². The van der Waals surface area contributed by atoms with Crippen LogP contribution in [0.15, 0.2) is 137 Å². The zero-order valence-electron chi connectivity index (χ0n) is 35.8. The van der Waals surface area contributed by atoms with Crippen LogP contribution in [0.3, 0.4) is 0 Å². The molecule has 2 heterocycles. The number of pyridine rings is 1. The first kappa shape index (κ1) is 44.2. The smallest absolute Gasteiger partial charge is 0.262 e. The van der Waals surface area contributed by atoms with Crippen LogP contribution in [0, 0.1) is 6.92 Å². The maximum Gasteiger partial charge on any atom is 0.262 e. The molecule has 13 nitrogen and oxygen atoms in total. The van der Waals surface area contributed by atoms with Gasteiger partial charge in [0.05, 0.1) is 30.0 Å². The Hall–Kier alpha value is -7.39. The molecule has 1 atom stereocenters. The zero-order valence-corrected chi connectivity index (χ0v) is 36.6. The first-order chi connectivity index (χ1) is 31.5. The van der Waals surface area contributed by atoms with Gasteiger partial charge >= 0.3 is 0 Å². The number of aliphatic hydroxyl groups excluding tert-OH is 1. The fourth-order valence-electron chi connectivity index (χ4n) is 7.72. The molecule has 14 heteroatoms. The van der Waals surface area contributed by atoms with Crippen molar-refractivity contribution in [3.05, 3.63) is 155 Å². The number of aromatic nitrogens is 1. The van der Waals surface area contributed by atoms with Gasteiger partial charge in [0.1, 0.15) is 17.2 Å². The van der Waals surface area contributed by atoms with E-state index in [9.17, 15) is 24.6 Å². The lowest BCUT2D eigenvalue weighted by Crippen LogP contribution is -2.28. The Bertz CT molecular complexity index is 2910. The van der Waals surface area contributed by atoms with Gasteiger partial charge in [-0.15, -0.1) is 0 Å². The van der Waals surface area contributed by atoms with Crippen molar-refractivity contribution in [2.75, 3.05) is 42.8 Å². The third-order valence-corrected chi connectivity index (χ3v) is 12.0. The molecule has 1 aliphatic heterocycles. The van der Waals surface area contributed by atoms with E-state index >= 15 is 0 Å². The summed E-state index contributed by atoms with van der Waals surface area (Å²) < 4.78 is 10.9. The fourth-order valence-corrected chi connectivity index (χ4v) is 8.74. The first-order valence-electron chi connectivity index (χ1n) is 21.1. The standard InChI is InChI=1S/C51H48N6O7S/c1-30-22-39(26-41-46(30)54-27-42(50(52)61)47(41)55-36-12-7-13-37(25-36)63-2)65-38-14-6-10-34(24-38)51(62)56-35-11-5-9-33(23-35)32-17-15-31(16-18-32)8-3-4-21-53-28-44(59)40-19-20-43(58)48-49(40)64-29-45(60)57-48/h5-7,9-20,22-27,44,53,58-59H,3-4,8,21,28-29H2,1-2H3,(H2,52,61)(H,54,55)(H,56,62)(H,57,60)/t44-/m0/s1. The van der Waals surface area contributed by atoms with Gasteiger partial charge in [0.2, 0.25) is 0 Å². The number of primary amides is 1. The number of unbranched alkanes of at least 4 members (excludes halogenated alkanes) is 1. The third kappa shape index (κ3) is 10.5. The van der Waals surface area contributed by atoms with Gasteiger partial charge in [-0.25, -0.2) is 0 Å². The van der Waals surface area contributed by atoms with Crippen LogP contribution >= 0.6 is 11.8 Å². The normalized spacial score (nSPS) is 12.4. The van der Waals surface area contributed by atoms with E-state index < -0.39 is 12.0 Å². The average Bonchev–Trinajstić information content (AvgIpc) is 3.31. The molecule has 1 aromatic heterocycles. The van der Waals surface area contributed by atoms with Gasteiger partial charge < -0.3 is 46.7 Å². The topological polar surface area (TPSA) is 197 Å². The Morgan fingerprint density at radius 1 is 0.908 bits per heavy atom.